The lowest BCUT2D eigenvalue weighted by atomic mass is 10.0. The van der Waals surface area contributed by atoms with Crippen LogP contribution < -0.4 is 0 Å². The summed E-state index contributed by atoms with van der Waals surface area (Å²) in [5, 5.41) is 49.7. The Morgan fingerprint density at radius 2 is 0.976 bits per heavy atom. The van der Waals surface area contributed by atoms with Gasteiger partial charge in [-0.15, -0.1) is 0 Å². The molecule has 0 aromatic heterocycles. The van der Waals surface area contributed by atoms with Gasteiger partial charge < -0.3 is 34.9 Å². The van der Waals surface area contributed by atoms with E-state index in [9.17, 15) is 25.2 Å². The number of nitrogens with zero attached hydrogens (tertiary/aromatic N) is 2. The molecule has 1 amide bonds. The second-order valence-corrected chi connectivity index (χ2v) is 13.2. The third-order valence-electron chi connectivity index (χ3n) is 8.69. The summed E-state index contributed by atoms with van der Waals surface area (Å²) in [5.74, 6) is -0.637. The number of amides is 1. The molecule has 0 spiro atoms. The summed E-state index contributed by atoms with van der Waals surface area (Å²) in [6, 6.07) is 0. The van der Waals surface area contributed by atoms with Gasteiger partial charge in [0.25, 0.3) is 5.91 Å². The first-order valence-corrected chi connectivity index (χ1v) is 17.5. The van der Waals surface area contributed by atoms with Crippen LogP contribution in [0.5, 0.6) is 0 Å². The zero-order valence-electron chi connectivity index (χ0n) is 28.0. The summed E-state index contributed by atoms with van der Waals surface area (Å²) in [5.41, 5.74) is 0. The fourth-order valence-electron chi connectivity index (χ4n) is 5.51. The molecule has 0 unspecified atom stereocenters. The quantitative estimate of drug-likeness (QED) is 0.0571. The Balaban J connectivity index is 4.70. The average molecular weight is 604 g/mol. The Labute approximate surface area is 259 Å². The Bertz CT molecular complexity index is 621. The molecule has 0 aromatic rings. The van der Waals surface area contributed by atoms with E-state index in [1.165, 1.54) is 103 Å². The number of rotatable bonds is 30. The third kappa shape index (κ3) is 21.0. The van der Waals surface area contributed by atoms with E-state index in [4.69, 9.17) is 5.11 Å². The predicted molar refractivity (Wildman–Crippen MR) is 173 cm³/mol. The summed E-state index contributed by atoms with van der Waals surface area (Å²) in [6.45, 7) is 6.38. The molecule has 0 aromatic carbocycles. The van der Waals surface area contributed by atoms with E-state index in [-0.39, 0.29) is 0 Å². The van der Waals surface area contributed by atoms with Gasteiger partial charge in [-0.2, -0.15) is 0 Å². The zero-order valence-corrected chi connectivity index (χ0v) is 28.0. The molecule has 0 radical (unpaired) electrons. The van der Waals surface area contributed by atoms with E-state index < -0.39 is 36.9 Å². The number of carbonyl (C=O) groups excluding carboxylic acids is 1. The lowest BCUT2D eigenvalue weighted by Crippen LogP contribution is -2.54. The van der Waals surface area contributed by atoms with Crippen LogP contribution in [0.15, 0.2) is 0 Å². The zero-order chi connectivity index (χ0) is 31.6. The summed E-state index contributed by atoms with van der Waals surface area (Å²) in [6.07, 6.45) is 17.6. The number of quaternary nitrogens is 1. The van der Waals surface area contributed by atoms with Crippen LogP contribution in [0.3, 0.4) is 0 Å². The van der Waals surface area contributed by atoms with E-state index in [0.717, 1.165) is 43.3 Å². The van der Waals surface area contributed by atoms with Crippen molar-refractivity contribution in [2.75, 3.05) is 46.9 Å². The van der Waals surface area contributed by atoms with Crippen molar-refractivity contribution in [3.8, 4) is 0 Å². The van der Waals surface area contributed by atoms with Gasteiger partial charge in [0.05, 0.1) is 40.3 Å². The van der Waals surface area contributed by atoms with Crippen molar-refractivity contribution < 1.29 is 34.8 Å². The fourth-order valence-corrected chi connectivity index (χ4v) is 5.51. The summed E-state index contributed by atoms with van der Waals surface area (Å²) in [7, 11) is 4.34. The fraction of sp³-hybridized carbons (Fsp3) is 0.971. The second-order valence-electron chi connectivity index (χ2n) is 13.2. The van der Waals surface area contributed by atoms with E-state index in [1.54, 1.807) is 4.90 Å². The molecular weight excluding hydrogens is 532 g/mol. The van der Waals surface area contributed by atoms with Gasteiger partial charge in [0, 0.05) is 6.54 Å². The molecule has 0 fully saturated rings. The van der Waals surface area contributed by atoms with Crippen LogP contribution in [-0.4, -0.2) is 112 Å². The lowest BCUT2D eigenvalue weighted by Gasteiger charge is -2.34. The highest BCUT2D eigenvalue weighted by Gasteiger charge is 2.36. The maximum atomic E-state index is 13.2. The van der Waals surface area contributed by atoms with Crippen LogP contribution >= 0.6 is 0 Å². The molecule has 42 heavy (non-hydrogen) atoms. The molecule has 8 nitrogen and oxygen atoms in total. The number of hydrogen-bond acceptors (Lipinski definition) is 6. The molecule has 8 heteroatoms. The van der Waals surface area contributed by atoms with Crippen LogP contribution in [-0.2, 0) is 4.79 Å². The summed E-state index contributed by atoms with van der Waals surface area (Å²) in [4.78, 5) is 14.8. The van der Waals surface area contributed by atoms with Crippen LogP contribution in [0, 0.1) is 0 Å². The molecule has 0 aliphatic carbocycles. The first kappa shape index (κ1) is 41.2. The highest BCUT2D eigenvalue weighted by molar-refractivity contribution is 5.81. The minimum atomic E-state index is -1.87. The van der Waals surface area contributed by atoms with Crippen molar-refractivity contribution in [2.45, 2.75) is 167 Å². The highest BCUT2D eigenvalue weighted by Crippen LogP contribution is 2.15. The van der Waals surface area contributed by atoms with Crippen molar-refractivity contribution in [3.63, 3.8) is 0 Å². The molecule has 5 N–H and O–H groups in total. The van der Waals surface area contributed by atoms with Crippen LogP contribution in [0.25, 0.3) is 0 Å². The molecule has 4 atom stereocenters. The molecule has 0 aliphatic rings. The number of unbranched alkanes of at least 4 members (excludes halogenated alkanes) is 18. The van der Waals surface area contributed by atoms with Gasteiger partial charge in [-0.25, -0.2) is 0 Å². The molecule has 0 rings (SSSR count). The number of likely N-dealkylation sites (N-methyl/N-ethyl adjacent to an activating group) is 1. The molecule has 252 valence electrons. The topological polar surface area (TPSA) is 121 Å². The van der Waals surface area contributed by atoms with Gasteiger partial charge in [0.15, 0.2) is 6.10 Å². The molecule has 0 heterocycles. The molecule has 0 saturated heterocycles. The number of aliphatic hydroxyl groups is 5. The smallest absolute Gasteiger partial charge is 0.254 e. The first-order valence-electron chi connectivity index (χ1n) is 17.5. The van der Waals surface area contributed by atoms with E-state index >= 15 is 0 Å². The molecule has 0 aliphatic heterocycles. The van der Waals surface area contributed by atoms with E-state index in [2.05, 4.69) is 27.9 Å². The Morgan fingerprint density at radius 3 is 1.40 bits per heavy atom. The van der Waals surface area contributed by atoms with Crippen molar-refractivity contribution in [3.05, 3.63) is 0 Å². The van der Waals surface area contributed by atoms with Gasteiger partial charge in [0.2, 0.25) is 0 Å². The van der Waals surface area contributed by atoms with Gasteiger partial charge >= 0.3 is 0 Å². The van der Waals surface area contributed by atoms with Crippen molar-refractivity contribution >= 4 is 5.91 Å². The first-order chi connectivity index (χ1) is 20.1. The predicted octanol–water partition coefficient (Wildman–Crippen LogP) is 5.17. The van der Waals surface area contributed by atoms with Gasteiger partial charge in [-0.05, 0) is 19.3 Å². The lowest BCUT2D eigenvalue weighted by molar-refractivity contribution is -0.889. The number of aliphatic hydroxyl groups excluding tert-OH is 5. The number of carbonyl (C=O) groups is 1. The monoisotopic (exact) mass is 604 g/mol. The minimum Gasteiger partial charge on any atom is -0.394 e. The molecular formula is C34H71N2O6+. The SMILES string of the molecule is CCCCCCCCCCCCN(CC[N+](C)(C)CCCCCCCCCCCC)C(=O)[C@H](O)[C@@H](O)[C@H](O)[C@H](O)CO. The van der Waals surface area contributed by atoms with Crippen molar-refractivity contribution in [1.29, 1.82) is 0 Å². The highest BCUT2D eigenvalue weighted by atomic mass is 16.4. The van der Waals surface area contributed by atoms with E-state index in [0.29, 0.717) is 13.1 Å². The van der Waals surface area contributed by atoms with Crippen LogP contribution in [0.4, 0.5) is 0 Å². The normalized spacial score (nSPS) is 15.0. The van der Waals surface area contributed by atoms with Crippen LogP contribution in [0.1, 0.15) is 142 Å². The Hall–Kier alpha value is -0.770. The Morgan fingerprint density at radius 1 is 0.571 bits per heavy atom. The van der Waals surface area contributed by atoms with Crippen LogP contribution in [0.2, 0.25) is 0 Å². The second kappa shape index (κ2) is 26.6. The molecule has 0 saturated carbocycles. The van der Waals surface area contributed by atoms with Crippen molar-refractivity contribution in [2.24, 2.45) is 0 Å². The number of hydrogen-bond donors (Lipinski definition) is 5. The summed E-state index contributed by atoms with van der Waals surface area (Å²) < 4.78 is 0.767. The maximum Gasteiger partial charge on any atom is 0.254 e. The minimum absolute atomic E-state index is 0.448. The average Bonchev–Trinajstić information content (AvgIpc) is 2.98. The van der Waals surface area contributed by atoms with Gasteiger partial charge in [-0.3, -0.25) is 4.79 Å². The largest absolute Gasteiger partial charge is 0.394 e. The third-order valence-corrected chi connectivity index (χ3v) is 8.69. The standard InChI is InChI=1S/C34H71N2O6/c1-5-7-9-11-13-15-17-19-21-23-25-35(34(42)33(41)32(40)31(39)30(38)29-37)26-28-36(3,4)27-24-22-20-18-16-14-12-10-8-6-2/h30-33,37-41H,5-29H2,1-4H3/q+1/t30-,31-,32+,33-/m1/s1. The Kier molecular flexibility index (Phi) is 26.1. The van der Waals surface area contributed by atoms with Gasteiger partial charge in [0.1, 0.15) is 18.3 Å². The molecule has 0 bridgehead atoms. The van der Waals surface area contributed by atoms with Gasteiger partial charge in [-0.1, -0.05) is 123 Å². The van der Waals surface area contributed by atoms with E-state index in [1.807, 2.05) is 0 Å². The summed E-state index contributed by atoms with van der Waals surface area (Å²) >= 11 is 0. The maximum absolute atomic E-state index is 13.2. The van der Waals surface area contributed by atoms with Crippen molar-refractivity contribution in [1.82, 2.24) is 4.90 Å².